The number of nitrogens with zero attached hydrogens (tertiary/aromatic N) is 7. The van der Waals surface area contributed by atoms with Gasteiger partial charge in [-0.25, -0.2) is 4.98 Å². The molecule has 10 nitrogen and oxygen atoms in total. The number of benzene rings is 1. The largest absolute Gasteiger partial charge is 0.496 e. The van der Waals surface area contributed by atoms with Gasteiger partial charge in [0.05, 0.1) is 41.1 Å². The van der Waals surface area contributed by atoms with Crippen LogP contribution in [0.1, 0.15) is 42.1 Å². The lowest BCUT2D eigenvalue weighted by Gasteiger charge is -2.28. The molecule has 1 aliphatic carbocycles. The van der Waals surface area contributed by atoms with E-state index in [1.54, 1.807) is 30.1 Å². The van der Waals surface area contributed by atoms with Gasteiger partial charge in [-0.15, -0.1) is 0 Å². The smallest absolute Gasteiger partial charge is 0.260 e. The van der Waals surface area contributed by atoms with Gasteiger partial charge < -0.3 is 10.1 Å². The Bertz CT molecular complexity index is 1550. The monoisotopic (exact) mass is 548 g/mol. The van der Waals surface area contributed by atoms with Gasteiger partial charge in [0, 0.05) is 36.6 Å². The highest BCUT2D eigenvalue weighted by Crippen LogP contribution is 2.34. The molecule has 11 heteroatoms. The zero-order valence-electron chi connectivity index (χ0n) is 19.7. The Kier molecular flexibility index (Phi) is 5.92. The molecule has 0 radical (unpaired) electrons. The number of aromatic nitrogens is 7. The summed E-state index contributed by atoms with van der Waals surface area (Å²) < 4.78 is 12.2. The van der Waals surface area contributed by atoms with Crippen LogP contribution in [0.25, 0.3) is 16.6 Å². The molecular formula is C25H25BrN8O2. The predicted molar refractivity (Wildman–Crippen MR) is 138 cm³/mol. The van der Waals surface area contributed by atoms with Crippen molar-refractivity contribution in [1.29, 1.82) is 0 Å². The van der Waals surface area contributed by atoms with Gasteiger partial charge in [-0.05, 0) is 65.7 Å². The molecule has 6 rings (SSSR count). The average Bonchev–Trinajstić information content (AvgIpc) is 3.62. The van der Waals surface area contributed by atoms with Crippen molar-refractivity contribution in [3.8, 4) is 5.75 Å². The summed E-state index contributed by atoms with van der Waals surface area (Å²) in [6, 6.07) is 7.63. The molecule has 0 atom stereocenters. The van der Waals surface area contributed by atoms with Crippen LogP contribution in [0.3, 0.4) is 0 Å². The summed E-state index contributed by atoms with van der Waals surface area (Å²) in [6.45, 7) is 0.942. The summed E-state index contributed by atoms with van der Waals surface area (Å²) in [5, 5.41) is 17.3. The van der Waals surface area contributed by atoms with Gasteiger partial charge in [0.15, 0.2) is 11.5 Å². The number of hydrogen-bond donors (Lipinski definition) is 1. The summed E-state index contributed by atoms with van der Waals surface area (Å²) >= 11 is 3.47. The van der Waals surface area contributed by atoms with E-state index in [4.69, 9.17) is 9.84 Å². The lowest BCUT2D eigenvalue weighted by atomic mass is 9.86. The zero-order chi connectivity index (χ0) is 24.6. The van der Waals surface area contributed by atoms with Crippen LogP contribution in [0.2, 0.25) is 0 Å². The second-order valence-corrected chi connectivity index (χ2v) is 10.1. The first-order valence-electron chi connectivity index (χ1n) is 11.9. The maximum atomic E-state index is 13.2. The first kappa shape index (κ1) is 22.7. The van der Waals surface area contributed by atoms with E-state index in [1.165, 1.54) is 0 Å². The third kappa shape index (κ3) is 4.34. The maximum absolute atomic E-state index is 13.2. The van der Waals surface area contributed by atoms with E-state index in [9.17, 15) is 4.79 Å². The Morgan fingerprint density at radius 3 is 2.81 bits per heavy atom. The van der Waals surface area contributed by atoms with Crippen LogP contribution in [0, 0.1) is 5.92 Å². The summed E-state index contributed by atoms with van der Waals surface area (Å²) in [6.07, 6.45) is 13.5. The molecule has 0 unspecified atom stereocenters. The van der Waals surface area contributed by atoms with E-state index in [0.29, 0.717) is 34.7 Å². The van der Waals surface area contributed by atoms with Crippen molar-refractivity contribution in [2.24, 2.45) is 5.92 Å². The molecule has 4 aromatic heterocycles. The Balaban J connectivity index is 1.19. The van der Waals surface area contributed by atoms with E-state index in [0.717, 1.165) is 47.6 Å². The number of ether oxygens (including phenoxy) is 1. The van der Waals surface area contributed by atoms with Crippen LogP contribution >= 0.6 is 15.9 Å². The van der Waals surface area contributed by atoms with Gasteiger partial charge in [0.1, 0.15) is 5.75 Å². The fourth-order valence-electron chi connectivity index (χ4n) is 5.00. The van der Waals surface area contributed by atoms with Gasteiger partial charge in [0.25, 0.3) is 5.91 Å². The first-order valence-corrected chi connectivity index (χ1v) is 12.7. The van der Waals surface area contributed by atoms with Gasteiger partial charge >= 0.3 is 0 Å². The van der Waals surface area contributed by atoms with E-state index < -0.39 is 0 Å². The van der Waals surface area contributed by atoms with Gasteiger partial charge in [-0.2, -0.15) is 19.8 Å². The average molecular weight is 549 g/mol. The number of methoxy groups -OCH3 is 1. The molecule has 1 N–H and O–H groups in total. The minimum Gasteiger partial charge on any atom is -0.496 e. The van der Waals surface area contributed by atoms with Crippen molar-refractivity contribution >= 4 is 44.2 Å². The zero-order valence-corrected chi connectivity index (χ0v) is 21.3. The second-order valence-electron chi connectivity index (χ2n) is 9.17. The Hall–Kier alpha value is -3.73. The standard InChI is InChI=1S/C25H25BrN8O2/c1-36-22-10-21-17(9-20(22)25(35)30-24-12-27-23-3-2-8-28-34(23)24)14-33(31-21)19-6-4-16(5-7-19)13-32-15-18(26)11-29-32/h2-3,8-12,14-16,19H,4-7,13H2,1H3,(H,30,35). The number of amides is 1. The van der Waals surface area contributed by atoms with Crippen LogP contribution in [-0.4, -0.2) is 47.2 Å². The van der Waals surface area contributed by atoms with Crippen molar-refractivity contribution in [2.45, 2.75) is 38.3 Å². The minimum atomic E-state index is -0.292. The van der Waals surface area contributed by atoms with Crippen LogP contribution in [-0.2, 0) is 6.54 Å². The Morgan fingerprint density at radius 1 is 1.17 bits per heavy atom. The van der Waals surface area contributed by atoms with Crippen LogP contribution in [0.5, 0.6) is 5.75 Å². The van der Waals surface area contributed by atoms with Crippen molar-refractivity contribution < 1.29 is 9.53 Å². The van der Waals surface area contributed by atoms with Crippen LogP contribution in [0.15, 0.2) is 59.7 Å². The number of halogens is 1. The van der Waals surface area contributed by atoms with Crippen molar-refractivity contribution in [3.05, 3.63) is 65.3 Å². The molecular weight excluding hydrogens is 524 g/mol. The molecule has 184 valence electrons. The predicted octanol–water partition coefficient (Wildman–Crippen LogP) is 4.73. The summed E-state index contributed by atoms with van der Waals surface area (Å²) in [4.78, 5) is 17.5. The molecule has 1 saturated carbocycles. The number of hydrogen-bond acceptors (Lipinski definition) is 6. The molecule has 0 aliphatic heterocycles. The third-order valence-electron chi connectivity index (χ3n) is 6.84. The fraction of sp³-hybridized carbons (Fsp3) is 0.320. The summed E-state index contributed by atoms with van der Waals surface area (Å²) in [5.74, 6) is 1.29. The van der Waals surface area contributed by atoms with Crippen LogP contribution < -0.4 is 10.1 Å². The molecule has 36 heavy (non-hydrogen) atoms. The SMILES string of the molecule is COc1cc2nn(C3CCC(Cn4cc(Br)cn4)CC3)cc2cc1C(=O)Nc1cnc2cccnn12. The second kappa shape index (κ2) is 9.38. The van der Waals surface area contributed by atoms with Gasteiger partial charge in [-0.3, -0.25) is 14.2 Å². The van der Waals surface area contributed by atoms with E-state index in [1.807, 2.05) is 41.5 Å². The Labute approximate surface area is 215 Å². The van der Waals surface area contributed by atoms with Crippen molar-refractivity contribution in [1.82, 2.24) is 34.2 Å². The number of fused-ring (bicyclic) bond motifs is 2. The lowest BCUT2D eigenvalue weighted by molar-refractivity contribution is 0.102. The molecule has 0 saturated heterocycles. The number of carbonyl (C=O) groups is 1. The highest BCUT2D eigenvalue weighted by Gasteiger charge is 2.24. The summed E-state index contributed by atoms with van der Waals surface area (Å²) in [7, 11) is 1.56. The molecule has 1 aromatic carbocycles. The first-order chi connectivity index (χ1) is 17.6. The molecule has 1 fully saturated rings. The highest BCUT2D eigenvalue weighted by atomic mass is 79.9. The number of nitrogens with one attached hydrogen (secondary N) is 1. The third-order valence-corrected chi connectivity index (χ3v) is 7.25. The fourth-order valence-corrected chi connectivity index (χ4v) is 5.33. The van der Waals surface area contributed by atoms with Gasteiger partial charge in [-0.1, -0.05) is 0 Å². The highest BCUT2D eigenvalue weighted by molar-refractivity contribution is 9.10. The summed E-state index contributed by atoms with van der Waals surface area (Å²) in [5.41, 5.74) is 1.90. The van der Waals surface area contributed by atoms with E-state index in [-0.39, 0.29) is 5.91 Å². The number of rotatable bonds is 6. The topological polar surface area (TPSA) is 104 Å². The quantitative estimate of drug-likeness (QED) is 0.329. The van der Waals surface area contributed by atoms with Gasteiger partial charge in [0.2, 0.25) is 0 Å². The molecule has 5 aromatic rings. The lowest BCUT2D eigenvalue weighted by Crippen LogP contribution is -2.21. The van der Waals surface area contributed by atoms with E-state index in [2.05, 4.69) is 41.1 Å². The molecule has 1 aliphatic rings. The number of carbonyl (C=O) groups excluding carboxylic acids is 1. The minimum absolute atomic E-state index is 0.292. The normalized spacial score (nSPS) is 18.1. The molecule has 1 amide bonds. The number of anilines is 1. The van der Waals surface area contributed by atoms with E-state index >= 15 is 0 Å². The molecule has 4 heterocycles. The Morgan fingerprint density at radius 2 is 2.03 bits per heavy atom. The maximum Gasteiger partial charge on any atom is 0.260 e. The van der Waals surface area contributed by atoms with Crippen LogP contribution in [0.4, 0.5) is 5.82 Å². The molecule has 0 spiro atoms. The van der Waals surface area contributed by atoms with Crippen molar-refractivity contribution in [3.63, 3.8) is 0 Å². The number of imidazole rings is 1. The van der Waals surface area contributed by atoms with Crippen molar-refractivity contribution in [2.75, 3.05) is 12.4 Å². The molecule has 0 bridgehead atoms.